The minimum absolute atomic E-state index is 0.130. The van der Waals surface area contributed by atoms with E-state index >= 15 is 0 Å². The van der Waals surface area contributed by atoms with Crippen molar-refractivity contribution in [3.63, 3.8) is 0 Å². The van der Waals surface area contributed by atoms with Crippen LogP contribution in [0, 0.1) is 12.7 Å². The zero-order valence-electron chi connectivity index (χ0n) is 26.2. The summed E-state index contributed by atoms with van der Waals surface area (Å²) in [5.74, 6) is -1.13. The molecule has 1 atom stereocenters. The zero-order chi connectivity index (χ0) is 34.1. The van der Waals surface area contributed by atoms with Crippen molar-refractivity contribution >= 4 is 51.3 Å². The molecule has 0 spiro atoms. The monoisotopic (exact) mass is 693 g/mol. The molecular formula is C36H28FN5O5S2. The number of aryl methyl sites for hydroxylation is 1. The largest absolute Gasteiger partial charge is 0.505 e. The SMILES string of the molecule is COc1cc(C2C(=C(O)c3c(C)nc4ccccn34)C(=O)C(=O)N2c2nnc(SCc3ccc(F)cc3)s2)ccc1OCc1ccccc1. The number of carbonyl (C=O) groups is 2. The third-order valence-corrected chi connectivity index (χ3v) is 10.1. The number of aliphatic hydroxyl groups excluding tert-OH is 1. The van der Waals surface area contributed by atoms with E-state index in [2.05, 4.69) is 15.2 Å². The van der Waals surface area contributed by atoms with Crippen molar-refractivity contribution in [2.24, 2.45) is 0 Å². The number of nitrogens with zero attached hydrogens (tertiary/aromatic N) is 5. The number of ketones is 1. The van der Waals surface area contributed by atoms with Crippen LogP contribution in [0.2, 0.25) is 0 Å². The first-order valence-electron chi connectivity index (χ1n) is 15.1. The van der Waals surface area contributed by atoms with Crippen molar-refractivity contribution in [1.29, 1.82) is 0 Å². The van der Waals surface area contributed by atoms with E-state index in [4.69, 9.17) is 9.47 Å². The molecule has 1 aliphatic rings. The third kappa shape index (κ3) is 6.25. The number of halogens is 1. The van der Waals surface area contributed by atoms with E-state index in [1.54, 1.807) is 60.0 Å². The number of methoxy groups -OCH3 is 1. The normalized spacial score (nSPS) is 15.7. The third-order valence-electron chi connectivity index (χ3n) is 7.99. The highest BCUT2D eigenvalue weighted by atomic mass is 32.2. The molecule has 7 rings (SSSR count). The average Bonchev–Trinajstić information content (AvgIpc) is 3.80. The van der Waals surface area contributed by atoms with Crippen molar-refractivity contribution in [3.05, 3.63) is 137 Å². The number of thioether (sulfide) groups is 1. The minimum atomic E-state index is -1.09. The van der Waals surface area contributed by atoms with Gasteiger partial charge in [0, 0.05) is 11.9 Å². The van der Waals surface area contributed by atoms with Crippen LogP contribution in [0.4, 0.5) is 9.52 Å². The number of hydrogen-bond acceptors (Lipinski definition) is 10. The second-order valence-electron chi connectivity index (χ2n) is 11.1. The molecule has 3 aromatic heterocycles. The van der Waals surface area contributed by atoms with Gasteiger partial charge in [0.15, 0.2) is 21.6 Å². The number of rotatable bonds is 10. The summed E-state index contributed by atoms with van der Waals surface area (Å²) in [4.78, 5) is 33.6. The molecule has 13 heteroatoms. The number of fused-ring (bicyclic) bond motifs is 1. The molecule has 1 amide bonds. The summed E-state index contributed by atoms with van der Waals surface area (Å²) < 4.78 is 27.4. The van der Waals surface area contributed by atoms with E-state index in [1.807, 2.05) is 36.4 Å². The van der Waals surface area contributed by atoms with E-state index in [0.29, 0.717) is 50.8 Å². The van der Waals surface area contributed by atoms with Gasteiger partial charge in [0.05, 0.1) is 24.4 Å². The van der Waals surface area contributed by atoms with Gasteiger partial charge in [-0.15, -0.1) is 10.2 Å². The molecule has 49 heavy (non-hydrogen) atoms. The van der Waals surface area contributed by atoms with E-state index in [1.165, 1.54) is 35.9 Å². The molecule has 1 saturated heterocycles. The van der Waals surface area contributed by atoms with Gasteiger partial charge in [-0.25, -0.2) is 9.37 Å². The molecular weight excluding hydrogens is 666 g/mol. The summed E-state index contributed by atoms with van der Waals surface area (Å²) in [5.41, 5.74) is 3.54. The molecule has 1 fully saturated rings. The number of Topliss-reactive ketones (excluding diaryl/α,β-unsaturated/α-hetero) is 1. The zero-order valence-corrected chi connectivity index (χ0v) is 27.9. The van der Waals surface area contributed by atoms with Crippen LogP contribution >= 0.6 is 23.1 Å². The molecule has 1 unspecified atom stereocenters. The van der Waals surface area contributed by atoms with Crippen LogP contribution in [0.25, 0.3) is 11.4 Å². The summed E-state index contributed by atoms with van der Waals surface area (Å²) in [7, 11) is 1.50. The number of aliphatic hydroxyl groups is 1. The first-order valence-corrected chi connectivity index (χ1v) is 16.9. The molecule has 0 saturated carbocycles. The lowest BCUT2D eigenvalue weighted by Gasteiger charge is -2.23. The topological polar surface area (TPSA) is 119 Å². The van der Waals surface area contributed by atoms with Crippen LogP contribution in [0.5, 0.6) is 11.5 Å². The Bertz CT molecular complexity index is 2220. The minimum Gasteiger partial charge on any atom is -0.505 e. The Balaban J connectivity index is 1.30. The Hall–Kier alpha value is -5.53. The Morgan fingerprint density at radius 2 is 1.73 bits per heavy atom. The Morgan fingerprint density at radius 1 is 0.959 bits per heavy atom. The van der Waals surface area contributed by atoms with Crippen LogP contribution in [-0.2, 0) is 21.9 Å². The van der Waals surface area contributed by atoms with Gasteiger partial charge in [-0.1, -0.05) is 77.7 Å². The van der Waals surface area contributed by atoms with Crippen LogP contribution < -0.4 is 14.4 Å². The van der Waals surface area contributed by atoms with Crippen molar-refractivity contribution in [2.45, 2.75) is 29.7 Å². The number of ether oxygens (including phenoxy) is 2. The Labute approximate surface area is 288 Å². The Morgan fingerprint density at radius 3 is 2.51 bits per heavy atom. The van der Waals surface area contributed by atoms with Crippen molar-refractivity contribution < 1.29 is 28.6 Å². The van der Waals surface area contributed by atoms with Gasteiger partial charge in [0.2, 0.25) is 5.13 Å². The van der Waals surface area contributed by atoms with E-state index < -0.39 is 17.7 Å². The molecule has 0 radical (unpaired) electrons. The summed E-state index contributed by atoms with van der Waals surface area (Å²) >= 11 is 2.50. The van der Waals surface area contributed by atoms with Gasteiger partial charge in [-0.2, -0.15) is 0 Å². The Kier molecular flexibility index (Phi) is 8.85. The lowest BCUT2D eigenvalue weighted by atomic mass is 9.96. The standard InChI is InChI=1S/C36H28FN5O5S2/c1-21-30(41-17-7-6-10-28(41)38-21)32(43)29-31(24-13-16-26(27(18-24)46-2)47-19-22-8-4-3-5-9-22)42(34(45)33(29)44)35-39-40-36(49-35)48-20-23-11-14-25(37)15-12-23/h3-18,31,43H,19-20H2,1-2H3. The van der Waals surface area contributed by atoms with Crippen LogP contribution in [0.15, 0.2) is 107 Å². The highest BCUT2D eigenvalue weighted by molar-refractivity contribution is 8.00. The van der Waals surface area contributed by atoms with Gasteiger partial charge < -0.3 is 14.6 Å². The van der Waals surface area contributed by atoms with Crippen LogP contribution in [-0.4, -0.2) is 43.5 Å². The van der Waals surface area contributed by atoms with Gasteiger partial charge in [0.25, 0.3) is 5.78 Å². The summed E-state index contributed by atoms with van der Waals surface area (Å²) in [6, 6.07) is 25.2. The van der Waals surface area contributed by atoms with E-state index in [-0.39, 0.29) is 22.3 Å². The maximum absolute atomic E-state index is 13.9. The maximum Gasteiger partial charge on any atom is 0.301 e. The lowest BCUT2D eigenvalue weighted by Crippen LogP contribution is -2.29. The molecule has 3 aromatic carbocycles. The van der Waals surface area contributed by atoms with E-state index in [9.17, 15) is 19.1 Å². The lowest BCUT2D eigenvalue weighted by molar-refractivity contribution is -0.132. The van der Waals surface area contributed by atoms with Crippen LogP contribution in [0.1, 0.15) is 34.1 Å². The molecule has 6 aromatic rings. The number of aromatic nitrogens is 4. The fraction of sp³-hybridized carbons (Fsp3) is 0.139. The number of imidazole rings is 1. The number of pyridine rings is 1. The number of anilines is 1. The van der Waals surface area contributed by atoms with Crippen molar-refractivity contribution in [1.82, 2.24) is 19.6 Å². The molecule has 10 nitrogen and oxygen atoms in total. The predicted octanol–water partition coefficient (Wildman–Crippen LogP) is 7.14. The van der Waals surface area contributed by atoms with Crippen LogP contribution in [0.3, 0.4) is 0 Å². The molecule has 0 aliphatic carbocycles. The van der Waals surface area contributed by atoms with Gasteiger partial charge in [-0.05, 0) is 60.0 Å². The average molecular weight is 694 g/mol. The second kappa shape index (κ2) is 13.5. The predicted molar refractivity (Wildman–Crippen MR) is 184 cm³/mol. The summed E-state index contributed by atoms with van der Waals surface area (Å²) in [6.45, 7) is 2.02. The number of hydrogen-bond donors (Lipinski definition) is 1. The fourth-order valence-corrected chi connectivity index (χ4v) is 7.49. The van der Waals surface area contributed by atoms with Crippen molar-refractivity contribution in [2.75, 3.05) is 12.0 Å². The van der Waals surface area contributed by atoms with Gasteiger partial charge in [-0.3, -0.25) is 18.9 Å². The number of amides is 1. The smallest absolute Gasteiger partial charge is 0.301 e. The second-order valence-corrected chi connectivity index (χ2v) is 13.3. The van der Waals surface area contributed by atoms with Gasteiger partial charge >= 0.3 is 5.91 Å². The maximum atomic E-state index is 13.9. The summed E-state index contributed by atoms with van der Waals surface area (Å²) in [6.07, 6.45) is 1.73. The first-order chi connectivity index (χ1) is 23.8. The molecule has 4 heterocycles. The highest BCUT2D eigenvalue weighted by Crippen LogP contribution is 2.46. The van der Waals surface area contributed by atoms with E-state index in [0.717, 1.165) is 22.5 Å². The quantitative estimate of drug-likeness (QED) is 0.0525. The molecule has 1 N–H and O–H groups in total. The number of carbonyl (C=O) groups excluding carboxylic acids is 2. The summed E-state index contributed by atoms with van der Waals surface area (Å²) in [5, 5.41) is 20.6. The van der Waals surface area contributed by atoms with Gasteiger partial charge in [0.1, 0.15) is 23.8 Å². The highest BCUT2D eigenvalue weighted by Gasteiger charge is 2.49. The van der Waals surface area contributed by atoms with Crippen molar-refractivity contribution in [3.8, 4) is 11.5 Å². The molecule has 0 bridgehead atoms. The first kappa shape index (κ1) is 32.0. The molecule has 1 aliphatic heterocycles. The fourth-order valence-electron chi connectivity index (χ4n) is 5.66. The molecule has 246 valence electrons. The number of benzene rings is 3.